The predicted octanol–water partition coefficient (Wildman–Crippen LogP) is 3.71. The first-order chi connectivity index (χ1) is 10.2. The highest BCUT2D eigenvalue weighted by Gasteiger charge is 2.30. The Hall–Kier alpha value is -1.87. The standard InChI is InChI=1S/C18H23NO2/c1-5-17-15-9-7-6-8-14(15)16(10-11-20-3)18(19-17)12-13(2)21-4/h5-9,16,18H,1-2,10-12H2,3-4H3. The maximum atomic E-state index is 5.27. The van der Waals surface area contributed by atoms with E-state index in [4.69, 9.17) is 14.5 Å². The average Bonchev–Trinajstić information content (AvgIpc) is 2.53. The van der Waals surface area contributed by atoms with Crippen molar-refractivity contribution in [3.63, 3.8) is 0 Å². The zero-order valence-corrected chi connectivity index (χ0v) is 12.8. The van der Waals surface area contributed by atoms with Crippen molar-refractivity contribution in [3.05, 3.63) is 60.4 Å². The normalized spacial score (nSPS) is 20.4. The first-order valence-electron chi connectivity index (χ1n) is 7.21. The van der Waals surface area contributed by atoms with Crippen LogP contribution in [0.5, 0.6) is 0 Å². The predicted molar refractivity (Wildman–Crippen MR) is 87.0 cm³/mol. The number of fused-ring (bicyclic) bond motifs is 1. The lowest BCUT2D eigenvalue weighted by Gasteiger charge is -2.31. The molecule has 0 spiro atoms. The van der Waals surface area contributed by atoms with E-state index in [9.17, 15) is 0 Å². The van der Waals surface area contributed by atoms with E-state index in [0.29, 0.717) is 12.5 Å². The Balaban J connectivity index is 2.38. The summed E-state index contributed by atoms with van der Waals surface area (Å²) in [6, 6.07) is 8.52. The van der Waals surface area contributed by atoms with Crippen LogP contribution in [0.4, 0.5) is 0 Å². The third-order valence-corrected chi connectivity index (χ3v) is 3.96. The van der Waals surface area contributed by atoms with Gasteiger partial charge in [0.05, 0.1) is 24.6 Å². The van der Waals surface area contributed by atoms with Gasteiger partial charge in [-0.1, -0.05) is 37.4 Å². The molecular formula is C18H23NO2. The highest BCUT2D eigenvalue weighted by Crippen LogP contribution is 2.36. The quantitative estimate of drug-likeness (QED) is 0.715. The molecule has 1 heterocycles. The van der Waals surface area contributed by atoms with Gasteiger partial charge in [0, 0.05) is 31.6 Å². The molecule has 3 nitrogen and oxygen atoms in total. The van der Waals surface area contributed by atoms with Gasteiger partial charge in [-0.3, -0.25) is 4.99 Å². The Kier molecular flexibility index (Phi) is 5.34. The summed E-state index contributed by atoms with van der Waals surface area (Å²) in [6.07, 6.45) is 3.48. The Labute approximate surface area is 127 Å². The summed E-state index contributed by atoms with van der Waals surface area (Å²) in [4.78, 5) is 4.87. The molecule has 3 heteroatoms. The number of aliphatic imine (C=N–C) groups is 1. The van der Waals surface area contributed by atoms with Crippen LogP contribution in [0.3, 0.4) is 0 Å². The summed E-state index contributed by atoms with van der Waals surface area (Å²) in [5, 5.41) is 0. The van der Waals surface area contributed by atoms with Crippen molar-refractivity contribution < 1.29 is 9.47 Å². The highest BCUT2D eigenvalue weighted by atomic mass is 16.5. The van der Waals surface area contributed by atoms with Gasteiger partial charge in [0.25, 0.3) is 0 Å². The minimum absolute atomic E-state index is 0.121. The summed E-state index contributed by atoms with van der Waals surface area (Å²) in [7, 11) is 3.39. The van der Waals surface area contributed by atoms with Crippen LogP contribution in [0.2, 0.25) is 0 Å². The molecule has 2 atom stereocenters. The van der Waals surface area contributed by atoms with Crippen molar-refractivity contribution in [1.82, 2.24) is 0 Å². The molecule has 0 fully saturated rings. The number of ether oxygens (including phenoxy) is 2. The topological polar surface area (TPSA) is 30.8 Å². The van der Waals surface area contributed by atoms with Crippen molar-refractivity contribution in [2.24, 2.45) is 4.99 Å². The van der Waals surface area contributed by atoms with Crippen LogP contribution in [0.25, 0.3) is 0 Å². The van der Waals surface area contributed by atoms with Crippen LogP contribution in [0, 0.1) is 0 Å². The fourth-order valence-electron chi connectivity index (χ4n) is 2.86. The zero-order valence-electron chi connectivity index (χ0n) is 12.8. The van der Waals surface area contributed by atoms with E-state index in [1.165, 1.54) is 11.1 Å². The van der Waals surface area contributed by atoms with Gasteiger partial charge in [-0.2, -0.15) is 0 Å². The molecule has 2 rings (SSSR count). The van der Waals surface area contributed by atoms with E-state index < -0.39 is 0 Å². The monoisotopic (exact) mass is 285 g/mol. The number of hydrogen-bond acceptors (Lipinski definition) is 3. The maximum Gasteiger partial charge on any atom is 0.0905 e. The van der Waals surface area contributed by atoms with Gasteiger partial charge in [0.1, 0.15) is 0 Å². The first kappa shape index (κ1) is 15.5. The first-order valence-corrected chi connectivity index (χ1v) is 7.21. The lowest BCUT2D eigenvalue weighted by Crippen LogP contribution is -2.27. The van der Waals surface area contributed by atoms with Gasteiger partial charge in [0.15, 0.2) is 0 Å². The molecule has 2 unspecified atom stereocenters. The van der Waals surface area contributed by atoms with E-state index in [1.54, 1.807) is 14.2 Å². The minimum atomic E-state index is 0.121. The Morgan fingerprint density at radius 1 is 1.33 bits per heavy atom. The van der Waals surface area contributed by atoms with Crippen molar-refractivity contribution in [2.45, 2.75) is 24.8 Å². The van der Waals surface area contributed by atoms with Gasteiger partial charge >= 0.3 is 0 Å². The summed E-state index contributed by atoms with van der Waals surface area (Å²) >= 11 is 0. The second-order valence-electron chi connectivity index (χ2n) is 5.21. The Morgan fingerprint density at radius 2 is 2.10 bits per heavy atom. The van der Waals surface area contributed by atoms with Crippen molar-refractivity contribution in [2.75, 3.05) is 20.8 Å². The molecule has 0 aliphatic carbocycles. The third-order valence-electron chi connectivity index (χ3n) is 3.96. The molecular weight excluding hydrogens is 262 g/mol. The molecule has 0 radical (unpaired) electrons. The van der Waals surface area contributed by atoms with Gasteiger partial charge in [-0.25, -0.2) is 0 Å². The van der Waals surface area contributed by atoms with Crippen molar-refractivity contribution in [1.29, 1.82) is 0 Å². The summed E-state index contributed by atoms with van der Waals surface area (Å²) < 4.78 is 10.5. The smallest absolute Gasteiger partial charge is 0.0905 e. The SMILES string of the molecule is C=CC1=NC(CC(=C)OC)C(CCOC)c2ccccc21. The molecule has 0 saturated carbocycles. The number of nitrogens with zero attached hydrogens (tertiary/aromatic N) is 1. The number of benzene rings is 1. The number of rotatable bonds is 7. The molecule has 21 heavy (non-hydrogen) atoms. The molecule has 0 N–H and O–H groups in total. The lowest BCUT2D eigenvalue weighted by molar-refractivity contribution is 0.181. The van der Waals surface area contributed by atoms with Crippen LogP contribution in [-0.2, 0) is 9.47 Å². The average molecular weight is 285 g/mol. The number of hydrogen-bond donors (Lipinski definition) is 0. The van der Waals surface area contributed by atoms with Crippen LogP contribution in [0.15, 0.2) is 54.3 Å². The van der Waals surface area contributed by atoms with E-state index in [0.717, 1.165) is 24.3 Å². The molecule has 0 amide bonds. The maximum absolute atomic E-state index is 5.27. The van der Waals surface area contributed by atoms with Crippen LogP contribution < -0.4 is 0 Å². The minimum Gasteiger partial charge on any atom is -0.502 e. The fourth-order valence-corrected chi connectivity index (χ4v) is 2.86. The molecule has 112 valence electrons. The van der Waals surface area contributed by atoms with E-state index in [1.807, 2.05) is 12.1 Å². The molecule has 0 saturated heterocycles. The van der Waals surface area contributed by atoms with Gasteiger partial charge < -0.3 is 9.47 Å². The van der Waals surface area contributed by atoms with E-state index >= 15 is 0 Å². The van der Waals surface area contributed by atoms with Gasteiger partial charge in [-0.05, 0) is 18.1 Å². The molecule has 1 aliphatic rings. The second-order valence-corrected chi connectivity index (χ2v) is 5.21. The Bertz CT molecular complexity index is 548. The van der Waals surface area contributed by atoms with Crippen LogP contribution in [0.1, 0.15) is 29.9 Å². The van der Waals surface area contributed by atoms with Crippen molar-refractivity contribution >= 4 is 5.71 Å². The van der Waals surface area contributed by atoms with Gasteiger partial charge in [-0.15, -0.1) is 0 Å². The van der Waals surface area contributed by atoms with E-state index in [-0.39, 0.29) is 6.04 Å². The second kappa shape index (κ2) is 7.23. The third kappa shape index (κ3) is 3.42. The van der Waals surface area contributed by atoms with Gasteiger partial charge in [0.2, 0.25) is 0 Å². The molecule has 1 aliphatic heterocycles. The summed E-state index contributed by atoms with van der Waals surface area (Å²) in [5.74, 6) is 1.07. The largest absolute Gasteiger partial charge is 0.502 e. The fraction of sp³-hybridized carbons (Fsp3) is 0.389. The molecule has 0 aromatic heterocycles. The highest BCUT2D eigenvalue weighted by molar-refractivity contribution is 6.10. The number of allylic oxidation sites excluding steroid dienone is 1. The lowest BCUT2D eigenvalue weighted by atomic mass is 9.80. The van der Waals surface area contributed by atoms with Crippen LogP contribution >= 0.6 is 0 Å². The Morgan fingerprint density at radius 3 is 2.76 bits per heavy atom. The zero-order chi connectivity index (χ0) is 15.2. The molecule has 0 bridgehead atoms. The van der Waals surface area contributed by atoms with Crippen molar-refractivity contribution in [3.8, 4) is 0 Å². The summed E-state index contributed by atoms with van der Waals surface area (Å²) in [5.41, 5.74) is 3.44. The number of methoxy groups -OCH3 is 2. The molecule has 1 aromatic rings. The van der Waals surface area contributed by atoms with E-state index in [2.05, 4.69) is 31.4 Å². The van der Waals surface area contributed by atoms with Crippen LogP contribution in [-0.4, -0.2) is 32.6 Å². The molecule has 1 aromatic carbocycles. The summed E-state index contributed by atoms with van der Waals surface area (Å²) in [6.45, 7) is 8.55.